The Morgan fingerprint density at radius 2 is 2.33 bits per heavy atom. The van der Waals surface area contributed by atoms with Crippen LogP contribution in [0.4, 0.5) is 0 Å². The summed E-state index contributed by atoms with van der Waals surface area (Å²) < 4.78 is 5.55. The highest BCUT2D eigenvalue weighted by Crippen LogP contribution is 2.31. The lowest BCUT2D eigenvalue weighted by atomic mass is 10.1. The zero-order valence-electron chi connectivity index (χ0n) is 10.3. The van der Waals surface area contributed by atoms with Gasteiger partial charge in [-0.05, 0) is 25.5 Å². The van der Waals surface area contributed by atoms with Crippen LogP contribution in [0, 0.1) is 0 Å². The summed E-state index contributed by atoms with van der Waals surface area (Å²) in [5, 5.41) is 6.40. The van der Waals surface area contributed by atoms with Crippen molar-refractivity contribution >= 4 is 5.91 Å². The number of fused-ring (bicyclic) bond motifs is 1. The molecular formula is C14H18N2O2. The molecule has 0 radical (unpaired) electrons. The summed E-state index contributed by atoms with van der Waals surface area (Å²) in [7, 11) is 0. The Labute approximate surface area is 107 Å². The van der Waals surface area contributed by atoms with Crippen LogP contribution in [0.1, 0.15) is 30.9 Å². The predicted octanol–water partition coefficient (Wildman–Crippen LogP) is 1.38. The van der Waals surface area contributed by atoms with Gasteiger partial charge in [-0.2, -0.15) is 0 Å². The van der Waals surface area contributed by atoms with Crippen LogP contribution in [0.2, 0.25) is 0 Å². The minimum absolute atomic E-state index is 0.00935. The molecule has 1 saturated heterocycles. The minimum Gasteiger partial charge on any atom is -0.491 e. The molecule has 2 atom stereocenters. The fourth-order valence-electron chi connectivity index (χ4n) is 2.69. The second-order valence-electron chi connectivity index (χ2n) is 4.97. The number of carbonyl (C=O) groups is 1. The fraction of sp³-hybridized carbons (Fsp3) is 0.500. The van der Waals surface area contributed by atoms with Gasteiger partial charge in [0.05, 0.1) is 6.04 Å². The number of rotatable bonds is 3. The summed E-state index contributed by atoms with van der Waals surface area (Å²) in [5.41, 5.74) is 1.09. The topological polar surface area (TPSA) is 50.4 Å². The summed E-state index contributed by atoms with van der Waals surface area (Å²) >= 11 is 0. The van der Waals surface area contributed by atoms with E-state index in [2.05, 4.69) is 10.6 Å². The van der Waals surface area contributed by atoms with E-state index in [1.807, 2.05) is 24.3 Å². The maximum absolute atomic E-state index is 12.0. The highest BCUT2D eigenvalue weighted by Gasteiger charge is 2.26. The first-order chi connectivity index (χ1) is 8.83. The van der Waals surface area contributed by atoms with Crippen LogP contribution in [0.25, 0.3) is 0 Å². The summed E-state index contributed by atoms with van der Waals surface area (Å²) in [6, 6.07) is 8.25. The van der Waals surface area contributed by atoms with Crippen LogP contribution >= 0.6 is 0 Å². The molecule has 18 heavy (non-hydrogen) atoms. The number of ether oxygens (including phenoxy) is 1. The third kappa shape index (κ3) is 2.34. The third-order valence-corrected chi connectivity index (χ3v) is 3.63. The zero-order chi connectivity index (χ0) is 12.4. The molecule has 0 spiro atoms. The van der Waals surface area contributed by atoms with Crippen molar-refractivity contribution in [2.45, 2.75) is 31.3 Å². The van der Waals surface area contributed by atoms with E-state index in [-0.39, 0.29) is 11.9 Å². The van der Waals surface area contributed by atoms with Crippen molar-refractivity contribution in [1.82, 2.24) is 10.6 Å². The molecule has 3 rings (SSSR count). The van der Waals surface area contributed by atoms with Crippen molar-refractivity contribution in [3.05, 3.63) is 29.8 Å². The van der Waals surface area contributed by atoms with Crippen LogP contribution in [0.15, 0.2) is 24.3 Å². The first-order valence-electron chi connectivity index (χ1n) is 6.57. The van der Waals surface area contributed by atoms with Gasteiger partial charge in [0.15, 0.2) is 0 Å². The molecule has 2 aliphatic heterocycles. The Balaban J connectivity index is 1.58. The van der Waals surface area contributed by atoms with Gasteiger partial charge in [0.2, 0.25) is 5.91 Å². The van der Waals surface area contributed by atoms with Gasteiger partial charge in [0.1, 0.15) is 12.4 Å². The number of hydrogen-bond donors (Lipinski definition) is 2. The highest BCUT2D eigenvalue weighted by molar-refractivity contribution is 5.77. The van der Waals surface area contributed by atoms with Crippen LogP contribution in [0.3, 0.4) is 0 Å². The van der Waals surface area contributed by atoms with E-state index in [0.29, 0.717) is 19.1 Å². The van der Waals surface area contributed by atoms with Crippen LogP contribution in [0.5, 0.6) is 5.75 Å². The predicted molar refractivity (Wildman–Crippen MR) is 68.5 cm³/mol. The second-order valence-corrected chi connectivity index (χ2v) is 4.97. The summed E-state index contributed by atoms with van der Waals surface area (Å²) in [4.78, 5) is 12.0. The van der Waals surface area contributed by atoms with Gasteiger partial charge in [-0.25, -0.2) is 0 Å². The lowest BCUT2D eigenvalue weighted by Gasteiger charge is -2.14. The summed E-state index contributed by atoms with van der Waals surface area (Å²) in [6.45, 7) is 1.58. The number of amides is 1. The largest absolute Gasteiger partial charge is 0.491 e. The van der Waals surface area contributed by atoms with Crippen molar-refractivity contribution in [2.24, 2.45) is 0 Å². The fourth-order valence-corrected chi connectivity index (χ4v) is 2.69. The second kappa shape index (κ2) is 4.98. The minimum atomic E-state index is 0.00935. The molecule has 0 aliphatic carbocycles. The molecule has 0 saturated carbocycles. The quantitative estimate of drug-likeness (QED) is 0.847. The average Bonchev–Trinajstić information content (AvgIpc) is 3.00. The number of para-hydroxylation sites is 1. The van der Waals surface area contributed by atoms with Crippen LogP contribution < -0.4 is 15.4 Å². The maximum atomic E-state index is 12.0. The smallest absolute Gasteiger partial charge is 0.222 e. The van der Waals surface area contributed by atoms with Gasteiger partial charge in [0, 0.05) is 18.0 Å². The first-order valence-corrected chi connectivity index (χ1v) is 6.57. The lowest BCUT2D eigenvalue weighted by Crippen LogP contribution is -2.34. The summed E-state index contributed by atoms with van der Waals surface area (Å²) in [6.07, 6.45) is 2.84. The van der Waals surface area contributed by atoms with E-state index in [0.717, 1.165) is 24.3 Å². The number of nitrogens with one attached hydrogen (secondary N) is 2. The zero-order valence-corrected chi connectivity index (χ0v) is 10.3. The maximum Gasteiger partial charge on any atom is 0.222 e. The molecule has 1 aromatic carbocycles. The Bertz CT molecular complexity index is 441. The number of carbonyl (C=O) groups excluding carboxylic acids is 1. The molecular weight excluding hydrogens is 228 g/mol. The Kier molecular flexibility index (Phi) is 3.19. The summed E-state index contributed by atoms with van der Waals surface area (Å²) in [5.74, 6) is 1.00. The molecule has 4 nitrogen and oxygen atoms in total. The van der Waals surface area contributed by atoms with E-state index in [9.17, 15) is 4.79 Å². The number of benzene rings is 1. The van der Waals surface area contributed by atoms with E-state index < -0.39 is 0 Å². The van der Waals surface area contributed by atoms with Gasteiger partial charge in [-0.1, -0.05) is 18.2 Å². The molecule has 96 valence electrons. The molecule has 2 heterocycles. The first kappa shape index (κ1) is 11.5. The Hall–Kier alpha value is -1.55. The van der Waals surface area contributed by atoms with Crippen molar-refractivity contribution in [3.63, 3.8) is 0 Å². The van der Waals surface area contributed by atoms with E-state index in [1.54, 1.807) is 0 Å². The van der Waals surface area contributed by atoms with Gasteiger partial charge < -0.3 is 15.4 Å². The van der Waals surface area contributed by atoms with Gasteiger partial charge in [0.25, 0.3) is 0 Å². The van der Waals surface area contributed by atoms with Crippen molar-refractivity contribution in [3.8, 4) is 5.75 Å². The van der Waals surface area contributed by atoms with E-state index in [1.165, 1.54) is 6.42 Å². The van der Waals surface area contributed by atoms with Gasteiger partial charge in [-0.3, -0.25) is 4.79 Å². The molecule has 1 fully saturated rings. The van der Waals surface area contributed by atoms with E-state index >= 15 is 0 Å². The average molecular weight is 246 g/mol. The molecule has 1 aromatic rings. The van der Waals surface area contributed by atoms with Crippen molar-refractivity contribution < 1.29 is 9.53 Å². The molecule has 1 amide bonds. The molecule has 2 aliphatic rings. The van der Waals surface area contributed by atoms with Crippen LogP contribution in [-0.2, 0) is 4.79 Å². The van der Waals surface area contributed by atoms with Crippen molar-refractivity contribution in [2.75, 3.05) is 13.2 Å². The molecule has 2 unspecified atom stereocenters. The third-order valence-electron chi connectivity index (χ3n) is 3.63. The molecule has 0 aromatic heterocycles. The normalized spacial score (nSPS) is 25.6. The SMILES string of the molecule is O=C(CC1CCCN1)NC1COc2ccccc21. The monoisotopic (exact) mass is 246 g/mol. The van der Waals surface area contributed by atoms with Gasteiger partial charge in [-0.15, -0.1) is 0 Å². The Morgan fingerprint density at radius 1 is 1.44 bits per heavy atom. The van der Waals surface area contributed by atoms with E-state index in [4.69, 9.17) is 4.74 Å². The Morgan fingerprint density at radius 3 is 3.17 bits per heavy atom. The van der Waals surface area contributed by atoms with Crippen LogP contribution in [-0.4, -0.2) is 25.1 Å². The molecule has 4 heteroatoms. The van der Waals surface area contributed by atoms with Crippen molar-refractivity contribution in [1.29, 1.82) is 0 Å². The molecule has 2 N–H and O–H groups in total. The standard InChI is InChI=1S/C14H18N2O2/c17-14(8-10-4-3-7-15-10)16-12-9-18-13-6-2-1-5-11(12)13/h1-2,5-6,10,12,15H,3-4,7-9H2,(H,16,17). The van der Waals surface area contributed by atoms with Gasteiger partial charge >= 0.3 is 0 Å². The lowest BCUT2D eigenvalue weighted by molar-refractivity contribution is -0.122. The highest BCUT2D eigenvalue weighted by atomic mass is 16.5. The molecule has 0 bridgehead atoms. The number of hydrogen-bond acceptors (Lipinski definition) is 3.